The molecule has 7 heteroatoms. The molecule has 0 aliphatic rings. The minimum atomic E-state index is -4.33. The minimum absolute atomic E-state index is 0.283. The lowest BCUT2D eigenvalue weighted by atomic mass is 10.1. The molecule has 0 aliphatic carbocycles. The van der Waals surface area contributed by atoms with Gasteiger partial charge in [-0.15, -0.1) is 0 Å². The summed E-state index contributed by atoms with van der Waals surface area (Å²) in [6, 6.07) is -1.07. The van der Waals surface area contributed by atoms with Crippen molar-refractivity contribution in [3.63, 3.8) is 0 Å². The Morgan fingerprint density at radius 1 is 0.875 bits per heavy atom. The molecule has 0 bridgehead atoms. The van der Waals surface area contributed by atoms with Gasteiger partial charge in [-0.1, -0.05) is 88.3 Å². The smallest absolute Gasteiger partial charge is 0.267 e. The molecule has 0 fully saturated rings. The first kappa shape index (κ1) is 30.6. The van der Waals surface area contributed by atoms with Gasteiger partial charge in [0.05, 0.1) is 17.9 Å². The first-order chi connectivity index (χ1) is 15.3. The highest BCUT2D eigenvalue weighted by Crippen LogP contribution is 2.10. The number of carbonyl (C=O) groups excluding carboxylic acids is 1. The third-order valence-electron chi connectivity index (χ3n) is 5.14. The number of aliphatic hydroxyl groups is 1. The van der Waals surface area contributed by atoms with Crippen LogP contribution in [0.25, 0.3) is 0 Å². The summed E-state index contributed by atoms with van der Waals surface area (Å²) in [5.74, 6) is -1.02. The fourth-order valence-corrected chi connectivity index (χ4v) is 4.04. The molecule has 2 atom stereocenters. The SMILES string of the molecule is C/C=C/CC/C=C/CC/C=C/C(O)C(CS(=O)(=O)O)NC(=O)CCCCCCCCCC. The molecule has 32 heavy (non-hydrogen) atoms. The zero-order valence-corrected chi connectivity index (χ0v) is 20.9. The van der Waals surface area contributed by atoms with Crippen LogP contribution in [-0.4, -0.2) is 41.9 Å². The van der Waals surface area contributed by atoms with Crippen LogP contribution in [0.5, 0.6) is 0 Å². The van der Waals surface area contributed by atoms with E-state index < -0.39 is 28.0 Å². The van der Waals surface area contributed by atoms with Crippen LogP contribution in [0.15, 0.2) is 36.5 Å². The monoisotopic (exact) mass is 471 g/mol. The van der Waals surface area contributed by atoms with Crippen molar-refractivity contribution in [3.05, 3.63) is 36.5 Å². The average molecular weight is 472 g/mol. The van der Waals surface area contributed by atoms with Crippen molar-refractivity contribution in [2.75, 3.05) is 5.75 Å². The van der Waals surface area contributed by atoms with Crippen molar-refractivity contribution in [2.45, 2.75) is 109 Å². The molecule has 0 aromatic rings. The van der Waals surface area contributed by atoms with Gasteiger partial charge in [0, 0.05) is 6.42 Å². The maximum Gasteiger partial charge on any atom is 0.267 e. The summed E-state index contributed by atoms with van der Waals surface area (Å²) in [6.07, 6.45) is 23.1. The van der Waals surface area contributed by atoms with E-state index in [0.717, 1.165) is 38.5 Å². The molecule has 1 amide bonds. The molecule has 186 valence electrons. The zero-order chi connectivity index (χ0) is 24.1. The van der Waals surface area contributed by atoms with E-state index in [1.54, 1.807) is 6.08 Å². The molecule has 0 saturated heterocycles. The Hall–Kier alpha value is -1.44. The van der Waals surface area contributed by atoms with Gasteiger partial charge in [0.2, 0.25) is 5.91 Å². The lowest BCUT2D eigenvalue weighted by molar-refractivity contribution is -0.122. The summed E-state index contributed by atoms with van der Waals surface area (Å²) in [5, 5.41) is 12.9. The summed E-state index contributed by atoms with van der Waals surface area (Å²) in [7, 11) is -4.33. The van der Waals surface area contributed by atoms with Crippen molar-refractivity contribution in [3.8, 4) is 0 Å². The Labute approximate surface area is 196 Å². The van der Waals surface area contributed by atoms with Crippen molar-refractivity contribution in [1.29, 1.82) is 0 Å². The van der Waals surface area contributed by atoms with E-state index in [1.807, 2.05) is 13.0 Å². The number of carbonyl (C=O) groups is 1. The van der Waals surface area contributed by atoms with Gasteiger partial charge in [-0.3, -0.25) is 9.35 Å². The van der Waals surface area contributed by atoms with E-state index in [9.17, 15) is 22.9 Å². The number of amides is 1. The maximum absolute atomic E-state index is 12.2. The summed E-state index contributed by atoms with van der Waals surface area (Å²) in [4.78, 5) is 12.2. The largest absolute Gasteiger partial charge is 0.387 e. The van der Waals surface area contributed by atoms with Crippen LogP contribution in [0.1, 0.15) is 97.3 Å². The fourth-order valence-electron chi connectivity index (χ4n) is 3.31. The van der Waals surface area contributed by atoms with Crippen LogP contribution < -0.4 is 5.32 Å². The van der Waals surface area contributed by atoms with Gasteiger partial charge in [0.15, 0.2) is 0 Å². The second-order valence-corrected chi connectivity index (χ2v) is 9.76. The first-order valence-corrected chi connectivity index (χ1v) is 13.8. The molecule has 6 nitrogen and oxygen atoms in total. The standard InChI is InChI=1S/C25H45NO5S/c1-3-5-7-9-11-13-14-16-18-20-24(27)23(22-32(29,30)31)26-25(28)21-19-17-15-12-10-8-6-4-2/h3,5,11,13,18,20,23-24,27H,4,6-10,12,14-17,19,21-22H2,1-2H3,(H,26,28)(H,29,30,31)/b5-3+,13-11+,20-18+. The lowest BCUT2D eigenvalue weighted by Gasteiger charge is -2.21. The van der Waals surface area contributed by atoms with E-state index in [0.29, 0.717) is 6.42 Å². The van der Waals surface area contributed by atoms with Crippen LogP contribution >= 0.6 is 0 Å². The molecule has 0 spiro atoms. The Morgan fingerprint density at radius 3 is 1.97 bits per heavy atom. The first-order valence-electron chi connectivity index (χ1n) is 12.2. The molecule has 2 unspecified atom stereocenters. The predicted octanol–water partition coefficient (Wildman–Crippen LogP) is 5.50. The molecule has 0 aromatic heterocycles. The van der Waals surface area contributed by atoms with E-state index in [1.165, 1.54) is 38.2 Å². The van der Waals surface area contributed by atoms with E-state index in [4.69, 9.17) is 0 Å². The summed E-state index contributed by atoms with van der Waals surface area (Å²) >= 11 is 0. The average Bonchev–Trinajstić information content (AvgIpc) is 2.73. The van der Waals surface area contributed by atoms with Crippen molar-refractivity contribution in [1.82, 2.24) is 5.32 Å². The Balaban J connectivity index is 4.34. The van der Waals surface area contributed by atoms with Gasteiger partial charge in [-0.25, -0.2) is 0 Å². The zero-order valence-electron chi connectivity index (χ0n) is 20.0. The number of allylic oxidation sites excluding steroid dienone is 5. The van der Waals surface area contributed by atoms with Gasteiger partial charge in [0.1, 0.15) is 0 Å². The topological polar surface area (TPSA) is 104 Å². The van der Waals surface area contributed by atoms with Gasteiger partial charge < -0.3 is 10.4 Å². The lowest BCUT2D eigenvalue weighted by Crippen LogP contribution is -2.46. The van der Waals surface area contributed by atoms with Crippen molar-refractivity contribution >= 4 is 16.0 Å². The van der Waals surface area contributed by atoms with E-state index >= 15 is 0 Å². The Kier molecular flexibility index (Phi) is 19.3. The maximum atomic E-state index is 12.2. The number of rotatable bonds is 20. The number of unbranched alkanes of at least 4 members (excludes halogenated alkanes) is 9. The molecule has 0 aromatic carbocycles. The van der Waals surface area contributed by atoms with Crippen LogP contribution in [0.4, 0.5) is 0 Å². The number of hydrogen-bond acceptors (Lipinski definition) is 4. The second-order valence-electron chi connectivity index (χ2n) is 8.26. The molecule has 3 N–H and O–H groups in total. The summed E-state index contributed by atoms with van der Waals surface area (Å²) in [5.41, 5.74) is 0. The Bertz CT molecular complexity index is 655. The fraction of sp³-hybridized carbons (Fsp3) is 0.720. The molecule has 0 radical (unpaired) electrons. The highest BCUT2D eigenvalue weighted by atomic mass is 32.2. The van der Waals surface area contributed by atoms with Crippen molar-refractivity contribution < 1.29 is 22.9 Å². The highest BCUT2D eigenvalue weighted by molar-refractivity contribution is 7.85. The van der Waals surface area contributed by atoms with Crippen LogP contribution in [-0.2, 0) is 14.9 Å². The molecular weight excluding hydrogens is 426 g/mol. The third-order valence-corrected chi connectivity index (χ3v) is 5.92. The van der Waals surface area contributed by atoms with Gasteiger partial charge in [-0.2, -0.15) is 8.42 Å². The van der Waals surface area contributed by atoms with Crippen molar-refractivity contribution in [2.24, 2.45) is 0 Å². The van der Waals surface area contributed by atoms with Gasteiger partial charge in [0.25, 0.3) is 10.1 Å². The second kappa shape index (κ2) is 20.2. The van der Waals surface area contributed by atoms with Crippen LogP contribution in [0.2, 0.25) is 0 Å². The molecule has 0 aliphatic heterocycles. The van der Waals surface area contributed by atoms with Crippen LogP contribution in [0, 0.1) is 0 Å². The van der Waals surface area contributed by atoms with Crippen LogP contribution in [0.3, 0.4) is 0 Å². The minimum Gasteiger partial charge on any atom is -0.387 e. The summed E-state index contributed by atoms with van der Waals surface area (Å²) < 4.78 is 31.8. The number of aliphatic hydroxyl groups excluding tert-OH is 1. The molecule has 0 rings (SSSR count). The summed E-state index contributed by atoms with van der Waals surface area (Å²) in [6.45, 7) is 4.18. The predicted molar refractivity (Wildman–Crippen MR) is 133 cm³/mol. The Morgan fingerprint density at radius 2 is 1.41 bits per heavy atom. The molecule has 0 heterocycles. The van der Waals surface area contributed by atoms with Gasteiger partial charge in [-0.05, 0) is 39.0 Å². The van der Waals surface area contributed by atoms with E-state index in [-0.39, 0.29) is 12.3 Å². The molecule has 0 saturated carbocycles. The number of nitrogens with one attached hydrogen (secondary N) is 1. The highest BCUT2D eigenvalue weighted by Gasteiger charge is 2.24. The quantitative estimate of drug-likeness (QED) is 0.124. The van der Waals surface area contributed by atoms with Gasteiger partial charge >= 0.3 is 0 Å². The number of hydrogen-bond donors (Lipinski definition) is 3. The third kappa shape index (κ3) is 20.5. The molecular formula is C25H45NO5S. The normalized spacial score (nSPS) is 14.5. The van der Waals surface area contributed by atoms with E-state index in [2.05, 4.69) is 30.5 Å².